The lowest BCUT2D eigenvalue weighted by Gasteiger charge is -2.27. The summed E-state index contributed by atoms with van der Waals surface area (Å²) in [5, 5.41) is 7.06. The molecule has 1 saturated carbocycles. The molecular weight excluding hydrogens is 324 g/mol. The van der Waals surface area contributed by atoms with Crippen molar-refractivity contribution in [3.8, 4) is 5.75 Å². The van der Waals surface area contributed by atoms with Crippen LogP contribution in [0.15, 0.2) is 29.3 Å². The van der Waals surface area contributed by atoms with E-state index in [-0.39, 0.29) is 0 Å². The number of methoxy groups -OCH3 is 1. The van der Waals surface area contributed by atoms with E-state index in [1.165, 1.54) is 57.2 Å². The molecule has 3 rings (SSSR count). The van der Waals surface area contributed by atoms with Gasteiger partial charge in [-0.05, 0) is 63.4 Å². The first kappa shape index (κ1) is 19.0. The molecule has 1 aliphatic carbocycles. The van der Waals surface area contributed by atoms with Gasteiger partial charge in [-0.1, -0.05) is 25.0 Å². The Hall–Kier alpha value is -1.75. The minimum absolute atomic E-state index is 0.336. The lowest BCUT2D eigenvalue weighted by Crippen LogP contribution is -2.43. The number of ether oxygens (including phenoxy) is 1. The van der Waals surface area contributed by atoms with Crippen LogP contribution in [0.1, 0.15) is 57.1 Å². The third-order valence-electron chi connectivity index (χ3n) is 5.54. The summed E-state index contributed by atoms with van der Waals surface area (Å²) in [5.41, 5.74) is 1.33. The first-order chi connectivity index (χ1) is 12.8. The summed E-state index contributed by atoms with van der Waals surface area (Å²) < 4.78 is 5.32. The normalized spacial score (nSPS) is 20.3. The molecule has 1 aromatic carbocycles. The van der Waals surface area contributed by atoms with E-state index in [1.54, 1.807) is 7.11 Å². The summed E-state index contributed by atoms with van der Waals surface area (Å²) in [4.78, 5) is 7.54. The second kappa shape index (κ2) is 9.81. The largest absolute Gasteiger partial charge is 0.497 e. The van der Waals surface area contributed by atoms with E-state index in [0.29, 0.717) is 12.1 Å². The van der Waals surface area contributed by atoms with Gasteiger partial charge in [0, 0.05) is 12.6 Å². The zero-order chi connectivity index (χ0) is 18.2. The molecule has 1 heterocycles. The van der Waals surface area contributed by atoms with Gasteiger partial charge in [0.05, 0.1) is 19.7 Å². The minimum Gasteiger partial charge on any atom is -0.497 e. The molecule has 0 radical (unpaired) electrons. The Kier molecular flexibility index (Phi) is 7.18. The molecule has 1 aliphatic heterocycles. The number of hydrogen-bond acceptors (Lipinski definition) is 3. The van der Waals surface area contributed by atoms with Crippen molar-refractivity contribution in [2.75, 3.05) is 33.3 Å². The number of hydrogen-bond donors (Lipinski definition) is 2. The Bertz CT molecular complexity index is 560. The van der Waals surface area contributed by atoms with Crippen LogP contribution in [-0.2, 0) is 0 Å². The minimum atomic E-state index is 0.336. The third kappa shape index (κ3) is 5.13. The van der Waals surface area contributed by atoms with Crippen molar-refractivity contribution in [1.29, 1.82) is 0 Å². The highest BCUT2D eigenvalue weighted by Crippen LogP contribution is 2.27. The zero-order valence-electron chi connectivity index (χ0n) is 16.3. The fourth-order valence-corrected chi connectivity index (χ4v) is 4.07. The molecule has 144 valence electrons. The summed E-state index contributed by atoms with van der Waals surface area (Å²) in [6, 6.07) is 9.42. The van der Waals surface area contributed by atoms with Crippen LogP contribution in [0, 0.1) is 0 Å². The van der Waals surface area contributed by atoms with E-state index in [9.17, 15) is 0 Å². The van der Waals surface area contributed by atoms with Gasteiger partial charge in [0.1, 0.15) is 5.75 Å². The van der Waals surface area contributed by atoms with Crippen LogP contribution < -0.4 is 15.4 Å². The highest BCUT2D eigenvalue weighted by atomic mass is 16.5. The summed E-state index contributed by atoms with van der Waals surface area (Å²) in [6.45, 7) is 6.15. The molecule has 2 N–H and O–H groups in total. The molecule has 0 aromatic heterocycles. The second-order valence-corrected chi connectivity index (χ2v) is 7.38. The lowest BCUT2D eigenvalue weighted by molar-refractivity contribution is 0.251. The van der Waals surface area contributed by atoms with Gasteiger partial charge >= 0.3 is 0 Å². The first-order valence-corrected chi connectivity index (χ1v) is 10.2. The molecule has 0 bridgehead atoms. The predicted octanol–water partition coefficient (Wildman–Crippen LogP) is 3.33. The molecular formula is C21H34N4O. The van der Waals surface area contributed by atoms with Crippen LogP contribution in [-0.4, -0.2) is 50.2 Å². The van der Waals surface area contributed by atoms with Crippen molar-refractivity contribution in [3.63, 3.8) is 0 Å². The number of likely N-dealkylation sites (tertiary alicyclic amines) is 1. The number of benzene rings is 1. The SMILES string of the molecule is CCNC(=NCC(c1ccc(OC)cc1)N1CCCC1)NC1CCCC1. The van der Waals surface area contributed by atoms with Crippen molar-refractivity contribution >= 4 is 5.96 Å². The molecule has 5 nitrogen and oxygen atoms in total. The average Bonchev–Trinajstić information content (AvgIpc) is 3.37. The molecule has 1 unspecified atom stereocenters. The fourth-order valence-electron chi connectivity index (χ4n) is 4.07. The monoisotopic (exact) mass is 358 g/mol. The number of rotatable bonds is 7. The summed E-state index contributed by atoms with van der Waals surface area (Å²) in [5.74, 6) is 1.88. The van der Waals surface area contributed by atoms with Crippen LogP contribution in [0.3, 0.4) is 0 Å². The van der Waals surface area contributed by atoms with E-state index in [4.69, 9.17) is 9.73 Å². The maximum absolute atomic E-state index is 5.32. The Balaban J connectivity index is 1.71. The number of nitrogens with one attached hydrogen (secondary N) is 2. The number of nitrogens with zero attached hydrogens (tertiary/aromatic N) is 2. The fraction of sp³-hybridized carbons (Fsp3) is 0.667. The second-order valence-electron chi connectivity index (χ2n) is 7.38. The number of guanidine groups is 1. The molecule has 1 atom stereocenters. The standard InChI is InChI=1S/C21H34N4O/c1-3-22-21(24-18-8-4-5-9-18)23-16-20(25-14-6-7-15-25)17-10-12-19(26-2)13-11-17/h10-13,18,20H,3-9,14-16H2,1-2H3,(H2,22,23,24). The van der Waals surface area contributed by atoms with Crippen molar-refractivity contribution in [3.05, 3.63) is 29.8 Å². The van der Waals surface area contributed by atoms with Crippen LogP contribution in [0.2, 0.25) is 0 Å². The van der Waals surface area contributed by atoms with E-state index in [1.807, 2.05) is 0 Å². The van der Waals surface area contributed by atoms with Gasteiger partial charge in [0.2, 0.25) is 0 Å². The number of aliphatic imine (C=N–C) groups is 1. The van der Waals surface area contributed by atoms with E-state index in [2.05, 4.69) is 46.7 Å². The van der Waals surface area contributed by atoms with Crippen molar-refractivity contribution < 1.29 is 4.74 Å². The molecule has 1 saturated heterocycles. The maximum Gasteiger partial charge on any atom is 0.191 e. The van der Waals surface area contributed by atoms with Crippen LogP contribution in [0.5, 0.6) is 5.75 Å². The van der Waals surface area contributed by atoms with Crippen molar-refractivity contribution in [2.24, 2.45) is 4.99 Å². The molecule has 0 spiro atoms. The van der Waals surface area contributed by atoms with E-state index in [0.717, 1.165) is 24.8 Å². The van der Waals surface area contributed by atoms with Crippen LogP contribution in [0.4, 0.5) is 0 Å². The van der Waals surface area contributed by atoms with E-state index >= 15 is 0 Å². The third-order valence-corrected chi connectivity index (χ3v) is 5.54. The summed E-state index contributed by atoms with van der Waals surface area (Å²) in [6.07, 6.45) is 7.77. The van der Waals surface area contributed by atoms with Gasteiger partial charge in [-0.2, -0.15) is 0 Å². The molecule has 26 heavy (non-hydrogen) atoms. The summed E-state index contributed by atoms with van der Waals surface area (Å²) in [7, 11) is 1.72. The van der Waals surface area contributed by atoms with Gasteiger partial charge < -0.3 is 15.4 Å². The predicted molar refractivity (Wildman–Crippen MR) is 108 cm³/mol. The van der Waals surface area contributed by atoms with Gasteiger partial charge in [0.25, 0.3) is 0 Å². The first-order valence-electron chi connectivity index (χ1n) is 10.2. The molecule has 1 aromatic rings. The van der Waals surface area contributed by atoms with E-state index < -0.39 is 0 Å². The van der Waals surface area contributed by atoms with Crippen LogP contribution >= 0.6 is 0 Å². The molecule has 5 heteroatoms. The molecule has 2 aliphatic rings. The smallest absolute Gasteiger partial charge is 0.191 e. The Labute approximate surface area is 158 Å². The topological polar surface area (TPSA) is 48.9 Å². The quantitative estimate of drug-likeness (QED) is 0.580. The molecule has 0 amide bonds. The highest BCUT2D eigenvalue weighted by molar-refractivity contribution is 5.80. The van der Waals surface area contributed by atoms with Gasteiger partial charge in [-0.25, -0.2) is 0 Å². The van der Waals surface area contributed by atoms with Gasteiger partial charge in [0.15, 0.2) is 5.96 Å². The van der Waals surface area contributed by atoms with Crippen molar-refractivity contribution in [1.82, 2.24) is 15.5 Å². The van der Waals surface area contributed by atoms with Crippen LogP contribution in [0.25, 0.3) is 0 Å². The Morgan fingerprint density at radius 2 is 1.85 bits per heavy atom. The average molecular weight is 359 g/mol. The summed E-state index contributed by atoms with van der Waals surface area (Å²) >= 11 is 0. The zero-order valence-corrected chi connectivity index (χ0v) is 16.3. The molecule has 2 fully saturated rings. The lowest BCUT2D eigenvalue weighted by atomic mass is 10.1. The highest BCUT2D eigenvalue weighted by Gasteiger charge is 2.24. The van der Waals surface area contributed by atoms with Gasteiger partial charge in [-0.15, -0.1) is 0 Å². The Morgan fingerprint density at radius 3 is 2.46 bits per heavy atom. The van der Waals surface area contributed by atoms with Crippen molar-refractivity contribution in [2.45, 2.75) is 57.5 Å². The maximum atomic E-state index is 5.32. The van der Waals surface area contributed by atoms with Gasteiger partial charge in [-0.3, -0.25) is 9.89 Å². The Morgan fingerprint density at radius 1 is 1.15 bits per heavy atom.